The first-order valence-electron chi connectivity index (χ1n) is 8.21. The summed E-state index contributed by atoms with van der Waals surface area (Å²) in [6.07, 6.45) is 3.22. The van der Waals surface area contributed by atoms with Crippen LogP contribution >= 0.6 is 27.7 Å². The third-order valence-electron chi connectivity index (χ3n) is 3.41. The van der Waals surface area contributed by atoms with Crippen LogP contribution in [0.4, 0.5) is 0 Å². The second kappa shape index (κ2) is 10.8. The molecule has 2 aromatic carbocycles. The average Bonchev–Trinajstić information content (AvgIpc) is 2.67. The summed E-state index contributed by atoms with van der Waals surface area (Å²) in [5, 5.41) is 3.78. The summed E-state index contributed by atoms with van der Waals surface area (Å²) in [7, 11) is 1.56. The van der Waals surface area contributed by atoms with E-state index in [1.54, 1.807) is 25.5 Å². The van der Waals surface area contributed by atoms with Crippen molar-refractivity contribution in [1.82, 2.24) is 5.43 Å². The molecule has 2 aromatic rings. The van der Waals surface area contributed by atoms with E-state index in [-0.39, 0.29) is 11.2 Å². The van der Waals surface area contributed by atoms with Crippen LogP contribution in [-0.4, -0.2) is 31.1 Å². The van der Waals surface area contributed by atoms with Gasteiger partial charge in [0.25, 0.3) is 5.91 Å². The van der Waals surface area contributed by atoms with Crippen LogP contribution in [0, 0.1) is 0 Å². The zero-order valence-corrected chi connectivity index (χ0v) is 17.5. The van der Waals surface area contributed by atoms with E-state index in [1.807, 2.05) is 43.3 Å². The molecule has 0 bridgehead atoms. The maximum Gasteiger partial charge on any atom is 0.253 e. The molecule has 0 unspecified atom stereocenters. The van der Waals surface area contributed by atoms with Crippen molar-refractivity contribution in [3.63, 3.8) is 0 Å². The van der Waals surface area contributed by atoms with E-state index in [1.165, 1.54) is 11.8 Å². The molecule has 27 heavy (non-hydrogen) atoms. The largest absolute Gasteiger partial charge is 0.493 e. The highest BCUT2D eigenvalue weighted by molar-refractivity contribution is 9.10. The summed E-state index contributed by atoms with van der Waals surface area (Å²) < 4.78 is 11.7. The molecule has 0 spiro atoms. The van der Waals surface area contributed by atoms with Gasteiger partial charge in [-0.05, 0) is 52.7 Å². The molecule has 2 rings (SSSR count). The fourth-order valence-electron chi connectivity index (χ4n) is 2.11. The SMILES string of the molecule is C=CCOc1c(Br)cc(/C=N\NC(=O)[C@@H](C)Sc2ccccc2)cc1OC. The normalized spacial score (nSPS) is 11.8. The monoisotopic (exact) mass is 448 g/mol. The maximum absolute atomic E-state index is 12.2. The third-order valence-corrected chi connectivity index (χ3v) is 5.11. The molecule has 0 heterocycles. The van der Waals surface area contributed by atoms with Crippen LogP contribution in [0.3, 0.4) is 0 Å². The van der Waals surface area contributed by atoms with Gasteiger partial charge in [0.1, 0.15) is 6.61 Å². The van der Waals surface area contributed by atoms with Crippen molar-refractivity contribution in [2.75, 3.05) is 13.7 Å². The van der Waals surface area contributed by atoms with Gasteiger partial charge >= 0.3 is 0 Å². The smallest absolute Gasteiger partial charge is 0.253 e. The number of hydrazone groups is 1. The van der Waals surface area contributed by atoms with Crippen LogP contribution in [0.1, 0.15) is 12.5 Å². The van der Waals surface area contributed by atoms with Crippen molar-refractivity contribution in [3.8, 4) is 11.5 Å². The molecule has 0 aliphatic heterocycles. The van der Waals surface area contributed by atoms with Crippen molar-refractivity contribution in [2.24, 2.45) is 5.10 Å². The molecule has 0 saturated heterocycles. The standard InChI is InChI=1S/C20H21BrN2O3S/c1-4-10-26-19-17(21)11-15(12-18(19)25-3)13-22-23-20(24)14(2)27-16-8-6-5-7-9-16/h4-9,11-14H,1,10H2,2-3H3,(H,23,24)/b22-13-/t14-/m1/s1. The highest BCUT2D eigenvalue weighted by Crippen LogP contribution is 2.36. The third kappa shape index (κ3) is 6.45. The Hall–Kier alpha value is -2.25. The Morgan fingerprint density at radius 3 is 2.78 bits per heavy atom. The molecule has 0 aliphatic rings. The summed E-state index contributed by atoms with van der Waals surface area (Å²) in [6.45, 7) is 5.84. The highest BCUT2D eigenvalue weighted by atomic mass is 79.9. The number of carbonyl (C=O) groups is 1. The lowest BCUT2D eigenvalue weighted by atomic mass is 10.2. The number of rotatable bonds is 9. The van der Waals surface area contributed by atoms with E-state index in [9.17, 15) is 4.79 Å². The Labute approximate surface area is 172 Å². The first-order valence-corrected chi connectivity index (χ1v) is 9.88. The number of hydrogen-bond acceptors (Lipinski definition) is 5. The minimum Gasteiger partial charge on any atom is -0.493 e. The van der Waals surface area contributed by atoms with E-state index in [0.29, 0.717) is 18.1 Å². The fraction of sp³-hybridized carbons (Fsp3) is 0.200. The number of nitrogens with one attached hydrogen (secondary N) is 1. The van der Waals surface area contributed by atoms with E-state index < -0.39 is 0 Å². The minimum atomic E-state index is -0.263. The molecular formula is C20H21BrN2O3S. The molecule has 1 amide bonds. The summed E-state index contributed by atoms with van der Waals surface area (Å²) >= 11 is 4.94. The number of nitrogens with zero attached hydrogens (tertiary/aromatic N) is 1. The lowest BCUT2D eigenvalue weighted by Crippen LogP contribution is -2.26. The fourth-order valence-corrected chi connectivity index (χ4v) is 3.57. The quantitative estimate of drug-likeness (QED) is 0.262. The van der Waals surface area contributed by atoms with Gasteiger partial charge in [-0.1, -0.05) is 30.9 Å². The van der Waals surface area contributed by atoms with Gasteiger partial charge in [-0.2, -0.15) is 5.10 Å². The molecule has 7 heteroatoms. The lowest BCUT2D eigenvalue weighted by Gasteiger charge is -2.12. The number of hydrogen-bond donors (Lipinski definition) is 1. The van der Waals surface area contributed by atoms with Gasteiger partial charge in [0.05, 0.1) is 23.0 Å². The number of ether oxygens (including phenoxy) is 2. The van der Waals surface area contributed by atoms with Gasteiger partial charge in [0.2, 0.25) is 0 Å². The van der Waals surface area contributed by atoms with Gasteiger partial charge in [-0.15, -0.1) is 11.8 Å². The Balaban J connectivity index is 1.99. The highest BCUT2D eigenvalue weighted by Gasteiger charge is 2.14. The molecule has 0 aromatic heterocycles. The first kappa shape index (κ1) is 21.1. The predicted molar refractivity (Wildman–Crippen MR) is 114 cm³/mol. The van der Waals surface area contributed by atoms with Crippen LogP contribution in [0.5, 0.6) is 11.5 Å². The van der Waals surface area contributed by atoms with E-state index >= 15 is 0 Å². The summed E-state index contributed by atoms with van der Waals surface area (Å²) in [5.41, 5.74) is 3.32. The molecule has 142 valence electrons. The summed E-state index contributed by atoms with van der Waals surface area (Å²) in [4.78, 5) is 13.2. The Morgan fingerprint density at radius 2 is 2.11 bits per heavy atom. The molecule has 1 N–H and O–H groups in total. The molecule has 1 atom stereocenters. The van der Waals surface area contributed by atoms with Crippen LogP contribution in [0.25, 0.3) is 0 Å². The van der Waals surface area contributed by atoms with Crippen molar-refractivity contribution in [1.29, 1.82) is 0 Å². The Kier molecular flexibility index (Phi) is 8.42. The number of amides is 1. The number of benzene rings is 2. The van der Waals surface area contributed by atoms with E-state index in [2.05, 4.69) is 33.0 Å². The molecular weight excluding hydrogens is 428 g/mol. The van der Waals surface area contributed by atoms with Crippen molar-refractivity contribution < 1.29 is 14.3 Å². The number of carbonyl (C=O) groups excluding carboxylic acids is 1. The summed E-state index contributed by atoms with van der Waals surface area (Å²) in [6, 6.07) is 13.4. The average molecular weight is 449 g/mol. The Bertz CT molecular complexity index is 812. The molecule has 0 fully saturated rings. The number of halogens is 1. The van der Waals surface area contributed by atoms with Gasteiger partial charge in [-0.3, -0.25) is 4.79 Å². The molecule has 5 nitrogen and oxygen atoms in total. The van der Waals surface area contributed by atoms with Crippen LogP contribution in [0.2, 0.25) is 0 Å². The zero-order chi connectivity index (χ0) is 19.6. The van der Waals surface area contributed by atoms with Crippen LogP contribution < -0.4 is 14.9 Å². The topological polar surface area (TPSA) is 59.9 Å². The van der Waals surface area contributed by atoms with Crippen molar-refractivity contribution in [3.05, 3.63) is 65.2 Å². The Morgan fingerprint density at radius 1 is 1.37 bits per heavy atom. The van der Waals surface area contributed by atoms with Crippen molar-refractivity contribution >= 4 is 39.8 Å². The predicted octanol–water partition coefficient (Wildman–Crippen LogP) is 4.65. The summed E-state index contributed by atoms with van der Waals surface area (Å²) in [5.74, 6) is 0.982. The molecule has 0 radical (unpaired) electrons. The van der Waals surface area contributed by atoms with E-state index in [4.69, 9.17) is 9.47 Å². The van der Waals surface area contributed by atoms with Crippen molar-refractivity contribution in [2.45, 2.75) is 17.1 Å². The zero-order valence-electron chi connectivity index (χ0n) is 15.1. The van der Waals surface area contributed by atoms with Gasteiger partial charge in [0.15, 0.2) is 11.5 Å². The van der Waals surface area contributed by atoms with Gasteiger partial charge < -0.3 is 9.47 Å². The second-order valence-corrected chi connectivity index (χ2v) is 7.71. The number of thioether (sulfide) groups is 1. The number of methoxy groups -OCH3 is 1. The van der Waals surface area contributed by atoms with Crippen LogP contribution in [-0.2, 0) is 4.79 Å². The lowest BCUT2D eigenvalue weighted by molar-refractivity contribution is -0.120. The maximum atomic E-state index is 12.2. The molecule has 0 aliphatic carbocycles. The van der Waals surface area contributed by atoms with Gasteiger partial charge in [0, 0.05) is 4.90 Å². The molecule has 0 saturated carbocycles. The van der Waals surface area contributed by atoms with Crippen LogP contribution in [0.15, 0.2) is 69.6 Å². The van der Waals surface area contributed by atoms with Gasteiger partial charge in [-0.25, -0.2) is 5.43 Å². The minimum absolute atomic E-state index is 0.169. The first-order chi connectivity index (χ1) is 13.0. The second-order valence-electron chi connectivity index (χ2n) is 5.44. The van der Waals surface area contributed by atoms with E-state index in [0.717, 1.165) is 14.9 Å².